The monoisotopic (exact) mass is 376 g/mol. The molecule has 0 bridgehead atoms. The summed E-state index contributed by atoms with van der Waals surface area (Å²) < 4.78 is 10.3. The maximum Gasteiger partial charge on any atom is 0.197 e. The minimum absolute atomic E-state index is 0.0572. The molecule has 0 amide bonds. The van der Waals surface area contributed by atoms with E-state index in [0.29, 0.717) is 17.5 Å². The molecule has 0 atom stereocenters. The van der Waals surface area contributed by atoms with Gasteiger partial charge in [-0.25, -0.2) is 0 Å². The van der Waals surface area contributed by atoms with Gasteiger partial charge in [0.25, 0.3) is 0 Å². The third-order valence-corrected chi connectivity index (χ3v) is 4.26. The lowest BCUT2D eigenvalue weighted by atomic mass is 9.90. The van der Waals surface area contributed by atoms with Crippen molar-refractivity contribution in [2.75, 3.05) is 26.9 Å². The zero-order valence-electron chi connectivity index (χ0n) is 15.4. The summed E-state index contributed by atoms with van der Waals surface area (Å²) in [5.74, 6) is -0.890. The Morgan fingerprint density at radius 1 is 1.00 bits per heavy atom. The molecule has 0 aliphatic heterocycles. The van der Waals surface area contributed by atoms with E-state index in [2.05, 4.69) is 0 Å². The van der Waals surface area contributed by atoms with E-state index < -0.39 is 5.78 Å². The van der Waals surface area contributed by atoms with Crippen LogP contribution in [0.4, 0.5) is 0 Å². The third kappa shape index (κ3) is 4.50. The first-order valence-electron chi connectivity index (χ1n) is 8.61. The van der Waals surface area contributed by atoms with E-state index >= 15 is 0 Å². The van der Waals surface area contributed by atoms with Crippen LogP contribution in [-0.2, 0) is 17.6 Å². The number of carbonyl (C=O) groups is 1. The average Bonchev–Trinajstić information content (AvgIpc) is 2.64. The second-order valence-corrected chi connectivity index (χ2v) is 5.90. The summed E-state index contributed by atoms with van der Waals surface area (Å²) in [6.07, 6.45) is 0.726. The number of carbonyl (C=O) groups excluding carboxylic acids is 1. The summed E-state index contributed by atoms with van der Waals surface area (Å²) >= 11 is 0. The summed E-state index contributed by atoms with van der Waals surface area (Å²) in [4.78, 5) is 13.0. The number of phenolic OH excluding ortho intramolecular Hbond substituents is 3. The van der Waals surface area contributed by atoms with Gasteiger partial charge >= 0.3 is 0 Å². The highest BCUT2D eigenvalue weighted by molar-refractivity contribution is 6.12. The van der Waals surface area contributed by atoms with Crippen LogP contribution in [0.5, 0.6) is 23.0 Å². The van der Waals surface area contributed by atoms with E-state index in [-0.39, 0.29) is 60.4 Å². The zero-order chi connectivity index (χ0) is 20.0. The van der Waals surface area contributed by atoms with E-state index in [0.717, 1.165) is 6.07 Å². The Labute approximate surface area is 157 Å². The lowest BCUT2D eigenvalue weighted by Crippen LogP contribution is -2.12. The topological polar surface area (TPSA) is 116 Å². The molecule has 146 valence electrons. The van der Waals surface area contributed by atoms with Gasteiger partial charge in [-0.05, 0) is 42.2 Å². The Bertz CT molecular complexity index is 814. The van der Waals surface area contributed by atoms with E-state index in [9.17, 15) is 20.1 Å². The highest BCUT2D eigenvalue weighted by Crippen LogP contribution is 2.36. The molecule has 2 aromatic rings. The number of ketones is 1. The molecule has 0 radical (unpaired) electrons. The highest BCUT2D eigenvalue weighted by Gasteiger charge is 2.23. The van der Waals surface area contributed by atoms with Gasteiger partial charge < -0.3 is 29.9 Å². The molecule has 0 unspecified atom stereocenters. The molecule has 27 heavy (non-hydrogen) atoms. The number of rotatable bonds is 9. The van der Waals surface area contributed by atoms with Crippen molar-refractivity contribution in [3.63, 3.8) is 0 Å². The minimum Gasteiger partial charge on any atom is -0.508 e. The van der Waals surface area contributed by atoms with Crippen molar-refractivity contribution in [3.05, 3.63) is 46.5 Å². The first kappa shape index (κ1) is 20.5. The smallest absolute Gasteiger partial charge is 0.197 e. The van der Waals surface area contributed by atoms with E-state index in [1.807, 2.05) is 6.92 Å². The van der Waals surface area contributed by atoms with Crippen molar-refractivity contribution < 1.29 is 34.7 Å². The molecule has 0 heterocycles. The third-order valence-electron chi connectivity index (χ3n) is 4.26. The number of benzene rings is 2. The Morgan fingerprint density at radius 3 is 2.33 bits per heavy atom. The maximum atomic E-state index is 13.0. The number of phenols is 3. The van der Waals surface area contributed by atoms with Crippen LogP contribution in [0.15, 0.2) is 24.3 Å². The van der Waals surface area contributed by atoms with Gasteiger partial charge in [-0.2, -0.15) is 0 Å². The molecular weight excluding hydrogens is 352 g/mol. The van der Waals surface area contributed by atoms with Gasteiger partial charge in [0.05, 0.1) is 32.5 Å². The van der Waals surface area contributed by atoms with E-state index in [1.54, 1.807) is 0 Å². The Morgan fingerprint density at radius 2 is 1.74 bits per heavy atom. The Hall–Kier alpha value is -2.77. The second kappa shape index (κ2) is 9.25. The molecular formula is C20H24O7. The first-order chi connectivity index (χ1) is 12.9. The van der Waals surface area contributed by atoms with Gasteiger partial charge in [-0.15, -0.1) is 0 Å². The molecule has 4 N–H and O–H groups in total. The number of aromatic hydroxyl groups is 3. The first-order valence-corrected chi connectivity index (χ1v) is 8.61. The number of aliphatic hydroxyl groups excluding tert-OH is 1. The number of hydrogen-bond donors (Lipinski definition) is 4. The SMILES string of the molecule is CCc1c(O)cc(O)c(C(=O)c2ccc(OC)c(O)c2)c1CCOCCO. The Balaban J connectivity index is 2.50. The maximum absolute atomic E-state index is 13.0. The lowest BCUT2D eigenvalue weighted by molar-refractivity contribution is 0.0937. The van der Waals surface area contributed by atoms with Gasteiger partial charge in [0.15, 0.2) is 17.3 Å². The van der Waals surface area contributed by atoms with Gasteiger partial charge in [0, 0.05) is 11.6 Å². The van der Waals surface area contributed by atoms with E-state index in [4.69, 9.17) is 14.6 Å². The van der Waals surface area contributed by atoms with Crippen molar-refractivity contribution in [1.29, 1.82) is 0 Å². The fourth-order valence-corrected chi connectivity index (χ4v) is 2.99. The van der Waals surface area contributed by atoms with Crippen molar-refractivity contribution >= 4 is 5.78 Å². The average molecular weight is 376 g/mol. The van der Waals surface area contributed by atoms with Gasteiger partial charge in [0.2, 0.25) is 0 Å². The minimum atomic E-state index is -0.489. The van der Waals surface area contributed by atoms with Crippen LogP contribution in [0.2, 0.25) is 0 Å². The van der Waals surface area contributed by atoms with E-state index in [1.165, 1.54) is 25.3 Å². The van der Waals surface area contributed by atoms with Crippen LogP contribution >= 0.6 is 0 Å². The predicted molar refractivity (Wildman–Crippen MR) is 98.8 cm³/mol. The molecule has 7 heteroatoms. The fourth-order valence-electron chi connectivity index (χ4n) is 2.99. The number of ether oxygens (including phenoxy) is 2. The highest BCUT2D eigenvalue weighted by atomic mass is 16.5. The van der Waals surface area contributed by atoms with Crippen molar-refractivity contribution in [2.24, 2.45) is 0 Å². The van der Waals surface area contributed by atoms with Crippen LogP contribution < -0.4 is 4.74 Å². The van der Waals surface area contributed by atoms with Crippen molar-refractivity contribution in [1.82, 2.24) is 0 Å². The van der Waals surface area contributed by atoms with Crippen LogP contribution in [-0.4, -0.2) is 53.1 Å². The molecule has 0 saturated heterocycles. The van der Waals surface area contributed by atoms with Gasteiger partial charge in [-0.1, -0.05) is 6.92 Å². The number of aliphatic hydroxyl groups is 1. The summed E-state index contributed by atoms with van der Waals surface area (Å²) in [5.41, 5.74) is 1.26. The van der Waals surface area contributed by atoms with Gasteiger partial charge in [0.1, 0.15) is 11.5 Å². The molecule has 0 fully saturated rings. The molecule has 0 aliphatic rings. The normalized spacial score (nSPS) is 10.8. The van der Waals surface area contributed by atoms with Crippen molar-refractivity contribution in [3.8, 4) is 23.0 Å². The molecule has 7 nitrogen and oxygen atoms in total. The summed E-state index contributed by atoms with van der Waals surface area (Å²) in [6.45, 7) is 2.08. The molecule has 0 saturated carbocycles. The van der Waals surface area contributed by atoms with Crippen LogP contribution in [0.1, 0.15) is 34.0 Å². The standard InChI is InChI=1S/C20H24O7/c1-3-13-14(6-8-27-9-7-21)19(17(24)11-15(13)22)20(25)12-4-5-18(26-2)16(23)10-12/h4-5,10-11,21-24H,3,6-9H2,1-2H3. The second-order valence-electron chi connectivity index (χ2n) is 5.90. The van der Waals surface area contributed by atoms with Crippen LogP contribution in [0.25, 0.3) is 0 Å². The Kier molecular flexibility index (Phi) is 7.04. The number of hydrogen-bond acceptors (Lipinski definition) is 7. The fraction of sp³-hybridized carbons (Fsp3) is 0.350. The molecule has 2 rings (SSSR count). The van der Waals surface area contributed by atoms with Crippen LogP contribution in [0, 0.1) is 0 Å². The summed E-state index contributed by atoms with van der Waals surface area (Å²) in [6, 6.07) is 5.37. The summed E-state index contributed by atoms with van der Waals surface area (Å²) in [7, 11) is 1.40. The van der Waals surface area contributed by atoms with Crippen LogP contribution in [0.3, 0.4) is 0 Å². The molecule has 0 aliphatic carbocycles. The molecule has 2 aromatic carbocycles. The quantitative estimate of drug-likeness (QED) is 0.391. The van der Waals surface area contributed by atoms with Gasteiger partial charge in [-0.3, -0.25) is 4.79 Å². The summed E-state index contributed by atoms with van der Waals surface area (Å²) in [5, 5.41) is 39.3. The zero-order valence-corrected chi connectivity index (χ0v) is 15.4. The molecule has 0 spiro atoms. The molecule has 0 aromatic heterocycles. The predicted octanol–water partition coefficient (Wildman–Crippen LogP) is 2.16. The largest absolute Gasteiger partial charge is 0.508 e. The number of methoxy groups -OCH3 is 1. The lowest BCUT2D eigenvalue weighted by Gasteiger charge is -2.17. The van der Waals surface area contributed by atoms with Crippen molar-refractivity contribution in [2.45, 2.75) is 19.8 Å².